The molecule has 1 rings (SSSR count). The van der Waals surface area contributed by atoms with Crippen molar-refractivity contribution >= 4 is 27.7 Å². The van der Waals surface area contributed by atoms with Gasteiger partial charge >= 0.3 is 0 Å². The van der Waals surface area contributed by atoms with Crippen LogP contribution in [0.4, 0.5) is 0 Å². The Morgan fingerprint density at radius 2 is 2.12 bits per heavy atom. The Kier molecular flexibility index (Phi) is 9.13. The summed E-state index contributed by atoms with van der Waals surface area (Å²) in [5.74, 6) is 2.59. The van der Waals surface area contributed by atoms with Gasteiger partial charge in [-0.05, 0) is 45.9 Å². The van der Waals surface area contributed by atoms with Crippen LogP contribution in [0.1, 0.15) is 20.3 Å². The van der Waals surface area contributed by atoms with Gasteiger partial charge in [0.1, 0.15) is 0 Å². The van der Waals surface area contributed by atoms with E-state index >= 15 is 0 Å². The highest BCUT2D eigenvalue weighted by Gasteiger charge is 2.21. The highest BCUT2D eigenvalue weighted by atomic mass is 79.9. The van der Waals surface area contributed by atoms with E-state index in [1.807, 2.05) is 26.1 Å². The molecule has 0 aliphatic carbocycles. The summed E-state index contributed by atoms with van der Waals surface area (Å²) in [7, 11) is 2.05. The van der Waals surface area contributed by atoms with Crippen molar-refractivity contribution in [2.45, 2.75) is 26.3 Å². The summed E-state index contributed by atoms with van der Waals surface area (Å²) < 4.78 is 0. The van der Waals surface area contributed by atoms with E-state index in [-0.39, 0.29) is 23.2 Å². The summed E-state index contributed by atoms with van der Waals surface area (Å²) >= 11 is 3.05. The Hall–Kier alpha value is -1.84. The molecule has 6 heteroatoms. The summed E-state index contributed by atoms with van der Waals surface area (Å²) in [4.78, 5) is 25.5. The normalized spacial score (nSPS) is 19.1. The average molecular weight is 394 g/mol. The number of nitrogens with zero attached hydrogens (tertiary/aromatic N) is 1. The van der Waals surface area contributed by atoms with Crippen molar-refractivity contribution in [3.05, 3.63) is 35.5 Å². The van der Waals surface area contributed by atoms with Crippen LogP contribution < -0.4 is 10.6 Å². The van der Waals surface area contributed by atoms with Crippen molar-refractivity contribution < 1.29 is 9.59 Å². The van der Waals surface area contributed by atoms with Gasteiger partial charge < -0.3 is 10.2 Å². The first-order chi connectivity index (χ1) is 11.5. The number of alkyl halides is 1. The van der Waals surface area contributed by atoms with E-state index in [1.165, 1.54) is 0 Å². The van der Waals surface area contributed by atoms with Gasteiger partial charge in [0, 0.05) is 29.8 Å². The quantitative estimate of drug-likeness (QED) is 0.246. The van der Waals surface area contributed by atoms with Gasteiger partial charge in [0.15, 0.2) is 0 Å². The molecule has 2 N–H and O–H groups in total. The second-order valence-corrected chi connectivity index (χ2v) is 6.19. The summed E-state index contributed by atoms with van der Waals surface area (Å²) in [6.07, 6.45) is 8.16. The average Bonchev–Trinajstić information content (AvgIpc) is 2.96. The Morgan fingerprint density at radius 1 is 1.38 bits per heavy atom. The molecule has 1 heterocycles. The first kappa shape index (κ1) is 20.2. The van der Waals surface area contributed by atoms with Crippen LogP contribution >= 0.6 is 15.9 Å². The molecule has 0 saturated carbocycles. The lowest BCUT2D eigenvalue weighted by Crippen LogP contribution is -2.36. The number of carbonyl (C=O) groups is 2. The fourth-order valence-corrected chi connectivity index (χ4v) is 2.31. The monoisotopic (exact) mass is 393 g/mol. The molecule has 1 fully saturated rings. The molecule has 24 heavy (non-hydrogen) atoms. The molecule has 1 aliphatic rings. The lowest BCUT2D eigenvalue weighted by Gasteiger charge is -2.12. The third-order valence-electron chi connectivity index (χ3n) is 3.47. The second kappa shape index (κ2) is 10.8. The molecular weight excluding hydrogens is 370 g/mol. The van der Waals surface area contributed by atoms with E-state index in [1.54, 1.807) is 19.1 Å². The van der Waals surface area contributed by atoms with Crippen molar-refractivity contribution in [3.63, 3.8) is 0 Å². The minimum atomic E-state index is -0.199. The fraction of sp³-hybridized carbons (Fsp3) is 0.444. The highest BCUT2D eigenvalue weighted by Crippen LogP contribution is 2.07. The molecule has 0 aromatic rings. The number of halogens is 1. The maximum atomic E-state index is 12.2. The van der Waals surface area contributed by atoms with E-state index in [0.29, 0.717) is 11.1 Å². The van der Waals surface area contributed by atoms with Crippen molar-refractivity contribution in [1.29, 1.82) is 0 Å². The number of carbonyl (C=O) groups excluding carboxylic acids is 2. The van der Waals surface area contributed by atoms with Crippen molar-refractivity contribution in [2.24, 2.45) is 0 Å². The third kappa shape index (κ3) is 7.62. The Labute approximate surface area is 152 Å². The zero-order valence-electron chi connectivity index (χ0n) is 14.4. The van der Waals surface area contributed by atoms with E-state index in [2.05, 4.69) is 43.4 Å². The van der Waals surface area contributed by atoms with Crippen LogP contribution in [0.5, 0.6) is 0 Å². The van der Waals surface area contributed by atoms with Crippen LogP contribution in [0.2, 0.25) is 0 Å². The van der Waals surface area contributed by atoms with Crippen LogP contribution in [0.15, 0.2) is 35.5 Å². The second-order valence-electron chi connectivity index (χ2n) is 5.62. The lowest BCUT2D eigenvalue weighted by atomic mass is 10.1. The van der Waals surface area contributed by atoms with Gasteiger partial charge in [0.25, 0.3) is 0 Å². The number of amides is 2. The SMILES string of the molecule is C\C=C/C(C#CNC(=O)CBr)=C\C=C(/C)C(=O)NC1CCN(C)C1. The Balaban J connectivity index is 2.69. The topological polar surface area (TPSA) is 61.4 Å². The molecular formula is C18H24BrN3O2. The maximum absolute atomic E-state index is 12.2. The van der Waals surface area contributed by atoms with Crippen LogP contribution in [-0.2, 0) is 9.59 Å². The van der Waals surface area contributed by atoms with Gasteiger partial charge in [-0.2, -0.15) is 0 Å². The minimum absolute atomic E-state index is 0.0630. The first-order valence-corrected chi connectivity index (χ1v) is 8.95. The molecule has 0 spiro atoms. The minimum Gasteiger partial charge on any atom is -0.348 e. The number of allylic oxidation sites excluding steroid dienone is 5. The molecule has 2 amide bonds. The van der Waals surface area contributed by atoms with Gasteiger partial charge in [-0.1, -0.05) is 34.2 Å². The van der Waals surface area contributed by atoms with Crippen molar-refractivity contribution in [3.8, 4) is 12.0 Å². The molecule has 1 atom stereocenters. The van der Waals surface area contributed by atoms with E-state index < -0.39 is 0 Å². The number of hydrogen-bond donors (Lipinski definition) is 2. The molecule has 0 aromatic heterocycles. The molecule has 1 aliphatic heterocycles. The Bertz CT molecular complexity index is 611. The predicted molar refractivity (Wildman–Crippen MR) is 100 cm³/mol. The molecule has 0 bridgehead atoms. The molecule has 1 unspecified atom stereocenters. The van der Waals surface area contributed by atoms with Crippen molar-refractivity contribution in [2.75, 3.05) is 25.5 Å². The number of hydrogen-bond acceptors (Lipinski definition) is 3. The summed E-state index contributed by atoms with van der Waals surface area (Å²) in [5, 5.41) is 5.70. The molecule has 130 valence electrons. The zero-order chi connectivity index (χ0) is 17.9. The summed E-state index contributed by atoms with van der Waals surface area (Å²) in [6.45, 7) is 5.55. The largest absolute Gasteiger partial charge is 0.348 e. The van der Waals surface area contributed by atoms with Crippen LogP contribution in [-0.4, -0.2) is 48.2 Å². The van der Waals surface area contributed by atoms with Crippen LogP contribution in [0.25, 0.3) is 0 Å². The molecule has 5 nitrogen and oxygen atoms in total. The van der Waals surface area contributed by atoms with Crippen LogP contribution in [0.3, 0.4) is 0 Å². The smallest absolute Gasteiger partial charge is 0.247 e. The number of likely N-dealkylation sites (N-methyl/N-ethyl adjacent to an activating group) is 1. The number of nitrogens with one attached hydrogen (secondary N) is 2. The van der Waals surface area contributed by atoms with Gasteiger partial charge in [-0.15, -0.1) is 0 Å². The summed E-state index contributed by atoms with van der Waals surface area (Å²) in [6, 6.07) is 2.82. The highest BCUT2D eigenvalue weighted by molar-refractivity contribution is 9.09. The van der Waals surface area contributed by atoms with Crippen molar-refractivity contribution in [1.82, 2.24) is 15.5 Å². The third-order valence-corrected chi connectivity index (χ3v) is 3.98. The summed E-state index contributed by atoms with van der Waals surface area (Å²) in [5.41, 5.74) is 1.33. The van der Waals surface area contributed by atoms with E-state index in [4.69, 9.17) is 0 Å². The standard InChI is InChI=1S/C18H24BrN3O2/c1-4-5-15(8-10-20-17(23)12-19)7-6-14(2)18(24)21-16-9-11-22(3)13-16/h4-7,16H,9,11-13H2,1-3H3,(H,20,23)(H,21,24)/b5-4-,14-6+,15-7+. The lowest BCUT2D eigenvalue weighted by molar-refractivity contribution is -0.118. The molecule has 0 aromatic carbocycles. The van der Waals surface area contributed by atoms with Crippen LogP contribution in [0, 0.1) is 12.0 Å². The van der Waals surface area contributed by atoms with Gasteiger partial charge in [0.05, 0.1) is 5.33 Å². The van der Waals surface area contributed by atoms with Gasteiger partial charge in [-0.25, -0.2) is 0 Å². The number of rotatable bonds is 5. The van der Waals surface area contributed by atoms with Gasteiger partial charge in [-0.3, -0.25) is 14.9 Å². The maximum Gasteiger partial charge on any atom is 0.247 e. The predicted octanol–water partition coefficient (Wildman–Crippen LogP) is 1.73. The molecule has 1 saturated heterocycles. The van der Waals surface area contributed by atoms with E-state index in [9.17, 15) is 9.59 Å². The first-order valence-electron chi connectivity index (χ1n) is 7.82. The number of likely N-dealkylation sites (tertiary alicyclic amines) is 1. The van der Waals surface area contributed by atoms with E-state index in [0.717, 1.165) is 19.5 Å². The zero-order valence-corrected chi connectivity index (χ0v) is 15.9. The van der Waals surface area contributed by atoms with Gasteiger partial charge in [0.2, 0.25) is 11.8 Å². The molecule has 0 radical (unpaired) electrons. The Morgan fingerprint density at radius 3 is 2.71 bits per heavy atom. The fourth-order valence-electron chi connectivity index (χ4n) is 2.17.